The van der Waals surface area contributed by atoms with Crippen molar-refractivity contribution in [3.63, 3.8) is 0 Å². The largest absolute Gasteiger partial charge is 0.316 e. The molecule has 0 bridgehead atoms. The molecule has 1 heterocycles. The quantitative estimate of drug-likeness (QED) is 0.374. The molecule has 0 aliphatic heterocycles. The zero-order valence-corrected chi connectivity index (χ0v) is 16.9. The summed E-state index contributed by atoms with van der Waals surface area (Å²) in [6.45, 7) is 3.08. The number of hydrogen-bond acceptors (Lipinski definition) is 2. The number of thiazole rings is 1. The molecule has 0 unspecified atom stereocenters. The molecule has 3 heteroatoms. The molecule has 3 aromatic carbocycles. The van der Waals surface area contributed by atoms with E-state index in [2.05, 4.69) is 102 Å². The van der Waals surface area contributed by atoms with Gasteiger partial charge in [-0.25, -0.2) is 4.99 Å². The fourth-order valence-electron chi connectivity index (χ4n) is 3.28. The highest BCUT2D eigenvalue weighted by molar-refractivity contribution is 7.07. The Morgan fingerprint density at radius 1 is 0.786 bits per heavy atom. The molecule has 0 aliphatic rings. The molecule has 0 saturated carbocycles. The van der Waals surface area contributed by atoms with E-state index in [-0.39, 0.29) is 0 Å². The lowest BCUT2D eigenvalue weighted by atomic mass is 10.1. The van der Waals surface area contributed by atoms with Crippen molar-refractivity contribution in [1.29, 1.82) is 0 Å². The smallest absolute Gasteiger partial charge is 0.190 e. The van der Waals surface area contributed by atoms with E-state index in [9.17, 15) is 0 Å². The van der Waals surface area contributed by atoms with Gasteiger partial charge in [0, 0.05) is 11.9 Å². The minimum absolute atomic E-state index is 0.906. The first-order valence-corrected chi connectivity index (χ1v) is 10.6. The third-order valence-electron chi connectivity index (χ3n) is 4.90. The summed E-state index contributed by atoms with van der Waals surface area (Å²) >= 11 is 1.71. The first-order valence-electron chi connectivity index (χ1n) is 9.75. The summed E-state index contributed by atoms with van der Waals surface area (Å²) in [4.78, 5) is 6.00. The van der Waals surface area contributed by atoms with Crippen molar-refractivity contribution in [3.8, 4) is 11.3 Å². The fourth-order valence-corrected chi connectivity index (χ4v) is 4.23. The monoisotopic (exact) mass is 384 g/mol. The summed E-state index contributed by atoms with van der Waals surface area (Å²) in [5.41, 5.74) is 6.15. The van der Waals surface area contributed by atoms with Crippen molar-refractivity contribution in [1.82, 2.24) is 4.57 Å². The molecule has 0 spiro atoms. The molecule has 0 fully saturated rings. The summed E-state index contributed by atoms with van der Waals surface area (Å²) in [7, 11) is 0. The topological polar surface area (TPSA) is 17.3 Å². The number of rotatable bonds is 6. The normalized spacial score (nSPS) is 11.7. The van der Waals surface area contributed by atoms with E-state index in [0.717, 1.165) is 29.9 Å². The van der Waals surface area contributed by atoms with Gasteiger partial charge in [-0.1, -0.05) is 79.7 Å². The Bertz CT molecular complexity index is 1070. The Hall–Kier alpha value is -2.91. The van der Waals surface area contributed by atoms with Gasteiger partial charge in [0.1, 0.15) is 0 Å². The second kappa shape index (κ2) is 8.85. The van der Waals surface area contributed by atoms with Crippen LogP contribution in [0.4, 0.5) is 5.69 Å². The zero-order valence-electron chi connectivity index (χ0n) is 16.1. The van der Waals surface area contributed by atoms with Crippen LogP contribution in [-0.2, 0) is 19.4 Å². The van der Waals surface area contributed by atoms with Gasteiger partial charge in [-0.05, 0) is 41.7 Å². The third kappa shape index (κ3) is 4.32. The van der Waals surface area contributed by atoms with Crippen LogP contribution in [0.2, 0.25) is 0 Å². The number of aryl methyl sites for hydroxylation is 2. The molecule has 4 aromatic rings. The molecule has 4 rings (SSSR count). The van der Waals surface area contributed by atoms with Crippen LogP contribution in [0.15, 0.2) is 95.3 Å². The minimum atomic E-state index is 0.906. The average Bonchev–Trinajstić information content (AvgIpc) is 3.16. The predicted molar refractivity (Wildman–Crippen MR) is 119 cm³/mol. The van der Waals surface area contributed by atoms with Crippen LogP contribution in [0.3, 0.4) is 0 Å². The second-order valence-electron chi connectivity index (χ2n) is 6.79. The minimum Gasteiger partial charge on any atom is -0.316 e. The van der Waals surface area contributed by atoms with Crippen molar-refractivity contribution in [2.75, 3.05) is 0 Å². The van der Waals surface area contributed by atoms with Crippen LogP contribution < -0.4 is 4.80 Å². The summed E-state index contributed by atoms with van der Waals surface area (Å²) in [6, 6.07) is 29.8. The van der Waals surface area contributed by atoms with Gasteiger partial charge in [-0.3, -0.25) is 0 Å². The number of nitrogens with zero attached hydrogens (tertiary/aromatic N) is 2. The highest BCUT2D eigenvalue weighted by Gasteiger charge is 2.08. The van der Waals surface area contributed by atoms with Crippen molar-refractivity contribution >= 4 is 17.0 Å². The maximum atomic E-state index is 4.96. The SMILES string of the molecule is CCc1ccc(N=c2scc(-c3ccccc3)n2CCc2ccccc2)cc1. The van der Waals surface area contributed by atoms with E-state index in [4.69, 9.17) is 4.99 Å². The lowest BCUT2D eigenvalue weighted by Crippen LogP contribution is -2.17. The van der Waals surface area contributed by atoms with Gasteiger partial charge in [0.2, 0.25) is 0 Å². The molecule has 0 radical (unpaired) electrons. The average molecular weight is 385 g/mol. The third-order valence-corrected chi connectivity index (χ3v) is 5.77. The number of hydrogen-bond donors (Lipinski definition) is 0. The number of aromatic nitrogens is 1. The highest BCUT2D eigenvalue weighted by Crippen LogP contribution is 2.21. The first kappa shape index (κ1) is 18.5. The molecular weight excluding hydrogens is 360 g/mol. The van der Waals surface area contributed by atoms with Crippen LogP contribution in [-0.4, -0.2) is 4.57 Å². The van der Waals surface area contributed by atoms with Gasteiger partial charge in [0.05, 0.1) is 11.4 Å². The van der Waals surface area contributed by atoms with Crippen LogP contribution in [0, 0.1) is 0 Å². The lowest BCUT2D eigenvalue weighted by molar-refractivity contribution is 0.684. The van der Waals surface area contributed by atoms with Gasteiger partial charge in [0.15, 0.2) is 4.80 Å². The second-order valence-corrected chi connectivity index (χ2v) is 7.63. The van der Waals surface area contributed by atoms with Gasteiger partial charge in [-0.2, -0.15) is 0 Å². The predicted octanol–water partition coefficient (Wildman–Crippen LogP) is 6.25. The Balaban J connectivity index is 1.72. The van der Waals surface area contributed by atoms with E-state index in [1.807, 2.05) is 0 Å². The standard InChI is InChI=1S/C25H24N2S/c1-2-20-13-15-23(16-14-20)26-25-27(18-17-21-9-5-3-6-10-21)24(19-28-25)22-11-7-4-8-12-22/h3-16,19H,2,17-18H2,1H3. The first-order chi connectivity index (χ1) is 13.8. The summed E-state index contributed by atoms with van der Waals surface area (Å²) in [5.74, 6) is 0. The molecule has 140 valence electrons. The Morgan fingerprint density at radius 2 is 1.46 bits per heavy atom. The Morgan fingerprint density at radius 3 is 2.14 bits per heavy atom. The van der Waals surface area contributed by atoms with E-state index in [1.54, 1.807) is 11.3 Å². The van der Waals surface area contributed by atoms with E-state index in [1.165, 1.54) is 22.4 Å². The Labute approximate surface area is 170 Å². The van der Waals surface area contributed by atoms with Gasteiger partial charge >= 0.3 is 0 Å². The van der Waals surface area contributed by atoms with Crippen LogP contribution in [0.5, 0.6) is 0 Å². The van der Waals surface area contributed by atoms with Gasteiger partial charge in [0.25, 0.3) is 0 Å². The number of benzene rings is 3. The van der Waals surface area contributed by atoms with Crippen LogP contribution >= 0.6 is 11.3 Å². The van der Waals surface area contributed by atoms with Crippen molar-refractivity contribution in [3.05, 3.63) is 106 Å². The zero-order chi connectivity index (χ0) is 19.2. The lowest BCUT2D eigenvalue weighted by Gasteiger charge is -2.09. The molecule has 0 saturated heterocycles. The molecule has 0 aliphatic carbocycles. The molecular formula is C25H24N2S. The van der Waals surface area contributed by atoms with E-state index < -0.39 is 0 Å². The molecule has 0 amide bonds. The van der Waals surface area contributed by atoms with Gasteiger partial charge < -0.3 is 4.57 Å². The molecule has 2 nitrogen and oxygen atoms in total. The van der Waals surface area contributed by atoms with Gasteiger partial charge in [-0.15, -0.1) is 11.3 Å². The van der Waals surface area contributed by atoms with Crippen LogP contribution in [0.1, 0.15) is 18.1 Å². The maximum absolute atomic E-state index is 4.96. The summed E-state index contributed by atoms with van der Waals surface area (Å²) in [6.07, 6.45) is 2.04. The molecule has 0 N–H and O–H groups in total. The highest BCUT2D eigenvalue weighted by atomic mass is 32.1. The summed E-state index contributed by atoms with van der Waals surface area (Å²) in [5, 5.41) is 2.22. The van der Waals surface area contributed by atoms with Crippen LogP contribution in [0.25, 0.3) is 11.3 Å². The Kier molecular flexibility index (Phi) is 5.83. The maximum Gasteiger partial charge on any atom is 0.190 e. The van der Waals surface area contributed by atoms with Crippen molar-refractivity contribution < 1.29 is 0 Å². The fraction of sp³-hybridized carbons (Fsp3) is 0.160. The van der Waals surface area contributed by atoms with Crippen molar-refractivity contribution in [2.45, 2.75) is 26.3 Å². The van der Waals surface area contributed by atoms with Crippen molar-refractivity contribution in [2.24, 2.45) is 4.99 Å². The molecule has 28 heavy (non-hydrogen) atoms. The summed E-state index contributed by atoms with van der Waals surface area (Å²) < 4.78 is 2.35. The molecule has 1 aromatic heterocycles. The van der Waals surface area contributed by atoms with E-state index >= 15 is 0 Å². The van der Waals surface area contributed by atoms with E-state index in [0.29, 0.717) is 0 Å². The molecule has 0 atom stereocenters.